The number of phenolic OH excluding ortho intramolecular Hbond substituents is 3. The Labute approximate surface area is 225 Å². The number of fused-ring (bicyclic) bond motifs is 6. The van der Waals surface area contributed by atoms with E-state index in [0.717, 1.165) is 0 Å². The first-order valence-electron chi connectivity index (χ1n) is 12.8. The van der Waals surface area contributed by atoms with Crippen LogP contribution in [0.4, 0.5) is 0 Å². The monoisotopic (exact) mass is 520 g/mol. The van der Waals surface area contributed by atoms with E-state index >= 15 is 0 Å². The van der Waals surface area contributed by atoms with Crippen molar-refractivity contribution in [1.82, 2.24) is 0 Å². The Morgan fingerprint density at radius 2 is 1.28 bits per heavy atom. The molecular formula is C33H28O6. The fourth-order valence-electron chi connectivity index (χ4n) is 6.20. The van der Waals surface area contributed by atoms with Crippen molar-refractivity contribution < 1.29 is 29.7 Å². The Hall–Kier alpha value is -4.45. The van der Waals surface area contributed by atoms with Gasteiger partial charge in [-0.1, -0.05) is 0 Å². The largest absolute Gasteiger partial charge is 0.508 e. The van der Waals surface area contributed by atoms with Crippen LogP contribution in [-0.4, -0.2) is 32.7 Å². The number of phenols is 3. The zero-order chi connectivity index (χ0) is 28.3. The molecule has 3 N–H and O–H groups in total. The predicted molar refractivity (Wildman–Crippen MR) is 149 cm³/mol. The minimum Gasteiger partial charge on any atom is -0.508 e. The van der Waals surface area contributed by atoms with Gasteiger partial charge in [0.15, 0.2) is 17.3 Å². The molecule has 6 nitrogen and oxygen atoms in total. The average molecular weight is 521 g/mol. The standard InChI is InChI=1S/C33H28O6/c1-14-7-18-16(10-24(14)34)17-9-21(30(38)32(3,4)22(17)12-26(18)36)29-28-20-11-25(35)15(2)8-19(20)27(37)13-23(28)33(5,6)31(29)39/h7-13,34-35,37H,1-6H3. The second kappa shape index (κ2) is 7.56. The first kappa shape index (κ1) is 24.9. The first-order chi connectivity index (χ1) is 18.2. The molecule has 0 radical (unpaired) electrons. The molecule has 3 aromatic rings. The fraction of sp³-hybridized carbons (Fsp3) is 0.242. The third-order valence-corrected chi connectivity index (χ3v) is 8.65. The molecule has 0 spiro atoms. The molecule has 0 bridgehead atoms. The SMILES string of the molecule is Cc1cc2c(cc1O)C1=CC(=C3C(=O)C(C)(C)c4cc(O)c5cc(C)c(O)cc5c43)C(=O)C(C)(C)C1=CC2=O. The molecule has 0 amide bonds. The summed E-state index contributed by atoms with van der Waals surface area (Å²) in [6, 6.07) is 7.95. The van der Waals surface area contributed by atoms with Gasteiger partial charge in [0.25, 0.3) is 0 Å². The molecule has 6 heteroatoms. The molecule has 0 saturated heterocycles. The highest BCUT2D eigenvalue weighted by Gasteiger charge is 2.49. The van der Waals surface area contributed by atoms with Gasteiger partial charge in [-0.25, -0.2) is 0 Å². The van der Waals surface area contributed by atoms with Gasteiger partial charge in [0.2, 0.25) is 0 Å². The summed E-state index contributed by atoms with van der Waals surface area (Å²) in [4.78, 5) is 41.3. The van der Waals surface area contributed by atoms with Crippen LogP contribution in [0.3, 0.4) is 0 Å². The van der Waals surface area contributed by atoms with Gasteiger partial charge < -0.3 is 15.3 Å². The third-order valence-electron chi connectivity index (χ3n) is 8.65. The highest BCUT2D eigenvalue weighted by atomic mass is 16.3. The topological polar surface area (TPSA) is 112 Å². The summed E-state index contributed by atoms with van der Waals surface area (Å²) in [7, 11) is 0. The smallest absolute Gasteiger partial charge is 0.186 e. The molecule has 0 atom stereocenters. The summed E-state index contributed by atoms with van der Waals surface area (Å²) in [5.74, 6) is -0.789. The normalized spacial score (nSPS) is 20.9. The van der Waals surface area contributed by atoms with E-state index in [0.29, 0.717) is 55.3 Å². The minimum absolute atomic E-state index is 0.0107. The summed E-state index contributed by atoms with van der Waals surface area (Å²) >= 11 is 0. The van der Waals surface area contributed by atoms with E-state index in [2.05, 4.69) is 0 Å². The zero-order valence-corrected chi connectivity index (χ0v) is 22.6. The lowest BCUT2D eigenvalue weighted by atomic mass is 9.64. The molecule has 196 valence electrons. The van der Waals surface area contributed by atoms with Crippen LogP contribution in [0.1, 0.15) is 65.9 Å². The summed E-state index contributed by atoms with van der Waals surface area (Å²) in [5, 5.41) is 32.9. The molecule has 0 fully saturated rings. The first-order valence-corrected chi connectivity index (χ1v) is 12.8. The Bertz CT molecular complexity index is 1840. The number of Topliss-reactive ketones (excluding diaryl/α,β-unsaturated/α-hetero) is 2. The van der Waals surface area contributed by atoms with Crippen molar-refractivity contribution >= 4 is 39.3 Å². The zero-order valence-electron chi connectivity index (χ0n) is 22.6. The van der Waals surface area contributed by atoms with Gasteiger partial charge >= 0.3 is 0 Å². The molecule has 0 heterocycles. The van der Waals surface area contributed by atoms with E-state index < -0.39 is 10.8 Å². The average Bonchev–Trinajstić information content (AvgIpc) is 3.05. The van der Waals surface area contributed by atoms with Crippen LogP contribution >= 0.6 is 0 Å². The number of aromatic hydroxyl groups is 3. The molecule has 3 aliphatic rings. The van der Waals surface area contributed by atoms with Crippen molar-refractivity contribution in [3.8, 4) is 17.2 Å². The van der Waals surface area contributed by atoms with Crippen LogP contribution in [0.15, 0.2) is 53.6 Å². The van der Waals surface area contributed by atoms with Crippen LogP contribution < -0.4 is 0 Å². The Kier molecular flexibility index (Phi) is 4.82. The van der Waals surface area contributed by atoms with E-state index in [4.69, 9.17) is 0 Å². The van der Waals surface area contributed by atoms with Crippen molar-refractivity contribution in [2.45, 2.75) is 47.0 Å². The summed E-state index contributed by atoms with van der Waals surface area (Å²) in [6.07, 6.45) is 3.14. The maximum atomic E-state index is 14.2. The van der Waals surface area contributed by atoms with Crippen LogP contribution in [0, 0.1) is 19.3 Å². The van der Waals surface area contributed by atoms with Crippen molar-refractivity contribution in [3.63, 3.8) is 0 Å². The number of carbonyl (C=O) groups excluding carboxylic acids is 3. The van der Waals surface area contributed by atoms with E-state index in [1.807, 2.05) is 0 Å². The van der Waals surface area contributed by atoms with Gasteiger partial charge in [0, 0.05) is 22.1 Å². The molecule has 0 aliphatic heterocycles. The number of allylic oxidation sites excluding steroid dienone is 6. The lowest BCUT2D eigenvalue weighted by Crippen LogP contribution is -2.35. The maximum absolute atomic E-state index is 14.2. The van der Waals surface area contributed by atoms with Gasteiger partial charge in [0.05, 0.1) is 10.8 Å². The number of rotatable bonds is 0. The fourth-order valence-corrected chi connectivity index (χ4v) is 6.20. The molecular weight excluding hydrogens is 492 g/mol. The molecule has 3 aromatic carbocycles. The van der Waals surface area contributed by atoms with Crippen molar-refractivity contribution in [2.24, 2.45) is 5.41 Å². The number of hydrogen-bond acceptors (Lipinski definition) is 6. The highest BCUT2D eigenvalue weighted by Crippen LogP contribution is 2.54. The van der Waals surface area contributed by atoms with Crippen LogP contribution in [-0.2, 0) is 15.0 Å². The summed E-state index contributed by atoms with van der Waals surface area (Å²) in [5.41, 5.74) is 2.53. The predicted octanol–water partition coefficient (Wildman–Crippen LogP) is 6.00. The number of benzene rings is 3. The van der Waals surface area contributed by atoms with Crippen molar-refractivity contribution in [2.75, 3.05) is 0 Å². The lowest BCUT2D eigenvalue weighted by Gasteiger charge is -2.36. The maximum Gasteiger partial charge on any atom is 0.186 e. The Morgan fingerprint density at radius 1 is 0.641 bits per heavy atom. The quantitative estimate of drug-likeness (QED) is 0.313. The third kappa shape index (κ3) is 3.11. The van der Waals surface area contributed by atoms with Crippen LogP contribution in [0.25, 0.3) is 21.9 Å². The molecule has 0 aromatic heterocycles. The van der Waals surface area contributed by atoms with E-state index in [1.165, 1.54) is 18.2 Å². The Balaban J connectivity index is 1.77. The van der Waals surface area contributed by atoms with Crippen molar-refractivity contribution in [1.29, 1.82) is 0 Å². The van der Waals surface area contributed by atoms with Gasteiger partial charge in [0.1, 0.15) is 17.2 Å². The lowest BCUT2D eigenvalue weighted by molar-refractivity contribution is -0.122. The molecule has 3 aliphatic carbocycles. The van der Waals surface area contributed by atoms with Crippen molar-refractivity contribution in [3.05, 3.63) is 87.0 Å². The van der Waals surface area contributed by atoms with Crippen LogP contribution in [0.2, 0.25) is 0 Å². The number of ketones is 3. The number of hydrogen-bond donors (Lipinski definition) is 3. The Morgan fingerprint density at radius 3 is 1.97 bits per heavy atom. The summed E-state index contributed by atoms with van der Waals surface area (Å²) in [6.45, 7) is 10.4. The van der Waals surface area contributed by atoms with Gasteiger partial charge in [-0.3, -0.25) is 14.4 Å². The van der Waals surface area contributed by atoms with Crippen LogP contribution in [0.5, 0.6) is 17.2 Å². The summed E-state index contributed by atoms with van der Waals surface area (Å²) < 4.78 is 0. The molecule has 6 rings (SSSR count). The number of carbonyl (C=O) groups is 3. The second-order valence-electron chi connectivity index (χ2n) is 11.9. The molecule has 0 saturated carbocycles. The molecule has 39 heavy (non-hydrogen) atoms. The highest BCUT2D eigenvalue weighted by molar-refractivity contribution is 6.38. The minimum atomic E-state index is -1.14. The van der Waals surface area contributed by atoms with E-state index in [9.17, 15) is 29.7 Å². The van der Waals surface area contributed by atoms with Gasteiger partial charge in [-0.2, -0.15) is 0 Å². The van der Waals surface area contributed by atoms with E-state index in [1.54, 1.807) is 65.8 Å². The van der Waals surface area contributed by atoms with Gasteiger partial charge in [-0.15, -0.1) is 0 Å². The second-order valence-corrected chi connectivity index (χ2v) is 11.9. The van der Waals surface area contributed by atoms with E-state index in [-0.39, 0.29) is 45.7 Å². The molecule has 0 unspecified atom stereocenters. The van der Waals surface area contributed by atoms with Gasteiger partial charge in [-0.05, 0) is 128 Å². The number of aryl methyl sites for hydroxylation is 2.